The number of rotatable bonds is 6. The Bertz CT molecular complexity index is 685. The maximum atomic E-state index is 12.0. The molecule has 1 heterocycles. The van der Waals surface area contributed by atoms with Crippen molar-refractivity contribution in [3.8, 4) is 5.75 Å². The van der Waals surface area contributed by atoms with Gasteiger partial charge >= 0.3 is 6.36 Å². The maximum absolute atomic E-state index is 12.0. The predicted molar refractivity (Wildman–Crippen MR) is 74.8 cm³/mol. The van der Waals surface area contributed by atoms with E-state index in [-0.39, 0.29) is 30.5 Å². The van der Waals surface area contributed by atoms with Crippen LogP contribution in [-0.4, -0.2) is 29.0 Å². The number of benzene rings is 1. The molecule has 0 radical (unpaired) electrons. The number of nitrogens with one attached hydrogen (secondary N) is 1. The minimum absolute atomic E-state index is 0.0223. The zero-order valence-electron chi connectivity index (χ0n) is 12.2. The van der Waals surface area contributed by atoms with E-state index in [1.807, 2.05) is 0 Å². The summed E-state index contributed by atoms with van der Waals surface area (Å²) in [6.45, 7) is -0.312. The number of aromatic nitrogens is 1. The van der Waals surface area contributed by atoms with Crippen molar-refractivity contribution in [1.82, 2.24) is 10.3 Å². The Balaban J connectivity index is 1.90. The number of carbonyl (C=O) groups excluding carboxylic acids is 1. The van der Waals surface area contributed by atoms with E-state index in [0.29, 0.717) is 5.56 Å². The van der Waals surface area contributed by atoms with Gasteiger partial charge in [0.2, 0.25) is 5.89 Å². The summed E-state index contributed by atoms with van der Waals surface area (Å²) in [4.78, 5) is 15.7. The number of halogens is 3. The standard InChI is InChI=1S/C14H14F3N3O4/c15-14(16,17)24-9-3-1-8(2-4-9)5-19-12(22)11-7-23-13(20-11)10(18)6-21/h1-4,7,10,21H,5-6,18H2,(H,19,22). The number of oxazole rings is 1. The van der Waals surface area contributed by atoms with Crippen LogP contribution in [0.2, 0.25) is 0 Å². The predicted octanol–water partition coefficient (Wildman–Crippen LogP) is 1.50. The van der Waals surface area contributed by atoms with Crippen molar-refractivity contribution < 1.29 is 32.2 Å². The topological polar surface area (TPSA) is 111 Å². The van der Waals surface area contributed by atoms with Gasteiger partial charge in [0, 0.05) is 6.54 Å². The van der Waals surface area contributed by atoms with Gasteiger partial charge in [-0.1, -0.05) is 12.1 Å². The van der Waals surface area contributed by atoms with Crippen LogP contribution in [0.25, 0.3) is 0 Å². The molecule has 1 aromatic heterocycles. The van der Waals surface area contributed by atoms with Gasteiger partial charge in [0.25, 0.3) is 5.91 Å². The Morgan fingerprint density at radius 1 is 1.38 bits per heavy atom. The van der Waals surface area contributed by atoms with Crippen LogP contribution in [0.15, 0.2) is 34.9 Å². The molecule has 0 aliphatic rings. The van der Waals surface area contributed by atoms with Crippen LogP contribution >= 0.6 is 0 Å². The van der Waals surface area contributed by atoms with Gasteiger partial charge in [-0.25, -0.2) is 4.98 Å². The first-order valence-electron chi connectivity index (χ1n) is 6.73. The van der Waals surface area contributed by atoms with Crippen LogP contribution in [0.4, 0.5) is 13.2 Å². The Kier molecular flexibility index (Phi) is 5.42. The summed E-state index contributed by atoms with van der Waals surface area (Å²) < 4.78 is 44.9. The quantitative estimate of drug-likeness (QED) is 0.732. The van der Waals surface area contributed by atoms with Crippen LogP contribution in [0.3, 0.4) is 0 Å². The number of ether oxygens (including phenoxy) is 1. The van der Waals surface area contributed by atoms with E-state index in [4.69, 9.17) is 15.3 Å². The van der Waals surface area contributed by atoms with Crippen LogP contribution in [0.1, 0.15) is 28.0 Å². The molecular formula is C14H14F3N3O4. The molecule has 0 saturated carbocycles. The molecule has 0 fully saturated rings. The van der Waals surface area contributed by atoms with Crippen LogP contribution in [-0.2, 0) is 6.54 Å². The fourth-order valence-electron chi connectivity index (χ4n) is 1.72. The van der Waals surface area contributed by atoms with Gasteiger partial charge in [-0.3, -0.25) is 4.79 Å². The number of aliphatic hydroxyl groups is 1. The van der Waals surface area contributed by atoms with E-state index in [9.17, 15) is 18.0 Å². The number of carbonyl (C=O) groups is 1. The summed E-state index contributed by atoms with van der Waals surface area (Å²) in [7, 11) is 0. The average Bonchev–Trinajstić information content (AvgIpc) is 3.01. The molecule has 1 aromatic carbocycles. The lowest BCUT2D eigenvalue weighted by Gasteiger charge is -2.09. The third-order valence-electron chi connectivity index (χ3n) is 2.88. The minimum atomic E-state index is -4.75. The largest absolute Gasteiger partial charge is 0.573 e. The maximum Gasteiger partial charge on any atom is 0.573 e. The smallest absolute Gasteiger partial charge is 0.446 e. The monoisotopic (exact) mass is 345 g/mol. The summed E-state index contributed by atoms with van der Waals surface area (Å²) in [6.07, 6.45) is -3.66. The van der Waals surface area contributed by atoms with Gasteiger partial charge in [0.15, 0.2) is 5.69 Å². The number of hydrogen-bond acceptors (Lipinski definition) is 6. The first-order chi connectivity index (χ1) is 11.3. The summed E-state index contributed by atoms with van der Waals surface area (Å²) in [5.41, 5.74) is 6.04. The SMILES string of the molecule is NC(CO)c1nc(C(=O)NCc2ccc(OC(F)(F)F)cc2)co1. The number of nitrogens with zero attached hydrogens (tertiary/aromatic N) is 1. The molecule has 10 heteroatoms. The van der Waals surface area contributed by atoms with Crippen molar-refractivity contribution in [2.24, 2.45) is 5.73 Å². The fourth-order valence-corrected chi connectivity index (χ4v) is 1.72. The number of aliphatic hydroxyl groups excluding tert-OH is 1. The van der Waals surface area contributed by atoms with E-state index >= 15 is 0 Å². The number of alkyl halides is 3. The second kappa shape index (κ2) is 7.32. The van der Waals surface area contributed by atoms with Crippen molar-refractivity contribution >= 4 is 5.91 Å². The van der Waals surface area contributed by atoms with Gasteiger partial charge in [0.1, 0.15) is 18.1 Å². The zero-order chi connectivity index (χ0) is 17.7. The second-order valence-electron chi connectivity index (χ2n) is 4.73. The highest BCUT2D eigenvalue weighted by atomic mass is 19.4. The van der Waals surface area contributed by atoms with Crippen LogP contribution < -0.4 is 15.8 Å². The first-order valence-corrected chi connectivity index (χ1v) is 6.73. The Hall–Kier alpha value is -2.59. The number of nitrogens with two attached hydrogens (primary N) is 1. The fraction of sp³-hybridized carbons (Fsp3) is 0.286. The van der Waals surface area contributed by atoms with Crippen molar-refractivity contribution in [3.05, 3.63) is 47.7 Å². The molecule has 0 spiro atoms. The molecule has 0 aliphatic carbocycles. The molecular weight excluding hydrogens is 331 g/mol. The highest BCUT2D eigenvalue weighted by Crippen LogP contribution is 2.22. The van der Waals surface area contributed by atoms with E-state index in [2.05, 4.69) is 15.0 Å². The Morgan fingerprint density at radius 2 is 2.04 bits per heavy atom. The molecule has 7 nitrogen and oxygen atoms in total. The first kappa shape index (κ1) is 17.8. The molecule has 4 N–H and O–H groups in total. The lowest BCUT2D eigenvalue weighted by atomic mass is 10.2. The van der Waals surface area contributed by atoms with Crippen molar-refractivity contribution in [2.75, 3.05) is 6.61 Å². The number of amides is 1. The summed E-state index contributed by atoms with van der Waals surface area (Å²) in [6, 6.07) is 4.23. The molecule has 1 atom stereocenters. The van der Waals surface area contributed by atoms with Crippen LogP contribution in [0.5, 0.6) is 5.75 Å². The van der Waals surface area contributed by atoms with E-state index in [1.54, 1.807) is 0 Å². The van der Waals surface area contributed by atoms with Gasteiger partial charge in [-0.15, -0.1) is 13.2 Å². The Labute approximate surface area is 134 Å². The molecule has 0 saturated heterocycles. The summed E-state index contributed by atoms with van der Waals surface area (Å²) in [5.74, 6) is -0.876. The third-order valence-corrected chi connectivity index (χ3v) is 2.88. The normalized spacial score (nSPS) is 12.7. The van der Waals surface area contributed by atoms with E-state index in [1.165, 1.54) is 12.1 Å². The number of hydrogen-bond donors (Lipinski definition) is 3. The molecule has 24 heavy (non-hydrogen) atoms. The lowest BCUT2D eigenvalue weighted by Crippen LogP contribution is -2.23. The average molecular weight is 345 g/mol. The van der Waals surface area contributed by atoms with Crippen LogP contribution in [0, 0.1) is 0 Å². The van der Waals surface area contributed by atoms with Crippen molar-refractivity contribution in [2.45, 2.75) is 18.9 Å². The van der Waals surface area contributed by atoms with Crippen molar-refractivity contribution in [3.63, 3.8) is 0 Å². The highest BCUT2D eigenvalue weighted by Gasteiger charge is 2.30. The molecule has 2 aromatic rings. The van der Waals surface area contributed by atoms with Gasteiger partial charge in [-0.2, -0.15) is 0 Å². The van der Waals surface area contributed by atoms with Gasteiger partial charge in [-0.05, 0) is 17.7 Å². The summed E-state index contributed by atoms with van der Waals surface area (Å²) >= 11 is 0. The molecule has 130 valence electrons. The van der Waals surface area contributed by atoms with Gasteiger partial charge < -0.3 is 25.3 Å². The molecule has 1 amide bonds. The Morgan fingerprint density at radius 3 is 2.62 bits per heavy atom. The van der Waals surface area contributed by atoms with E-state index in [0.717, 1.165) is 18.4 Å². The van der Waals surface area contributed by atoms with Gasteiger partial charge in [0.05, 0.1) is 6.61 Å². The summed E-state index contributed by atoms with van der Waals surface area (Å²) in [5, 5.41) is 11.4. The molecule has 1 unspecified atom stereocenters. The second-order valence-corrected chi connectivity index (χ2v) is 4.73. The zero-order valence-corrected chi connectivity index (χ0v) is 12.2. The minimum Gasteiger partial charge on any atom is -0.446 e. The van der Waals surface area contributed by atoms with Crippen molar-refractivity contribution in [1.29, 1.82) is 0 Å². The molecule has 0 bridgehead atoms. The lowest BCUT2D eigenvalue weighted by molar-refractivity contribution is -0.274. The third kappa shape index (κ3) is 4.96. The highest BCUT2D eigenvalue weighted by molar-refractivity contribution is 5.91. The van der Waals surface area contributed by atoms with E-state index < -0.39 is 18.3 Å². The molecule has 0 aliphatic heterocycles. The molecule has 2 rings (SSSR count).